The summed E-state index contributed by atoms with van der Waals surface area (Å²) in [6, 6.07) is 9.05. The number of rotatable bonds is 4. The maximum atomic E-state index is 12.8. The molecule has 0 spiro atoms. The van der Waals surface area contributed by atoms with Crippen LogP contribution in [0.15, 0.2) is 42.7 Å². The van der Waals surface area contributed by atoms with Crippen LogP contribution in [0.1, 0.15) is 12.5 Å². The third-order valence-electron chi connectivity index (χ3n) is 4.26. The zero-order chi connectivity index (χ0) is 18.0. The molecule has 1 aliphatic heterocycles. The minimum absolute atomic E-state index is 0.00888. The molecule has 1 fully saturated rings. The molecule has 1 atom stereocenters. The van der Waals surface area contributed by atoms with Crippen molar-refractivity contribution >= 4 is 38.9 Å². The molecule has 0 N–H and O–H groups in total. The predicted octanol–water partition coefficient (Wildman–Crippen LogP) is 3.43. The summed E-state index contributed by atoms with van der Waals surface area (Å²) >= 11 is 12.4. The molecule has 25 heavy (non-hydrogen) atoms. The molecule has 0 amide bonds. The third-order valence-corrected chi connectivity index (χ3v) is 6.77. The Balaban J connectivity index is 1.76. The standard InChI is InChI=1S/C17H19Cl2N3O2S/c1-13-11-21(17-15(18)9-20-10-16(17)19)7-8-22(13)25(23,24)12-14-5-3-2-4-6-14/h2-6,9-10,13H,7-8,11-12H2,1H3. The first-order chi connectivity index (χ1) is 11.9. The molecule has 1 aromatic carbocycles. The van der Waals surface area contributed by atoms with Crippen molar-refractivity contribution in [1.82, 2.24) is 9.29 Å². The van der Waals surface area contributed by atoms with E-state index in [2.05, 4.69) is 4.98 Å². The van der Waals surface area contributed by atoms with Gasteiger partial charge in [0.25, 0.3) is 0 Å². The number of aromatic nitrogens is 1. The molecule has 1 unspecified atom stereocenters. The van der Waals surface area contributed by atoms with Crippen molar-refractivity contribution in [2.24, 2.45) is 0 Å². The van der Waals surface area contributed by atoms with Gasteiger partial charge in [-0.1, -0.05) is 53.5 Å². The lowest BCUT2D eigenvalue weighted by Crippen LogP contribution is -2.54. The Morgan fingerprint density at radius 1 is 1.12 bits per heavy atom. The van der Waals surface area contributed by atoms with Crippen LogP contribution >= 0.6 is 23.2 Å². The molecular formula is C17H19Cl2N3O2S. The fourth-order valence-corrected chi connectivity index (χ4v) is 5.49. The largest absolute Gasteiger partial charge is 0.366 e. The summed E-state index contributed by atoms with van der Waals surface area (Å²) in [5.74, 6) is 0.00888. The van der Waals surface area contributed by atoms with E-state index >= 15 is 0 Å². The molecule has 134 valence electrons. The molecule has 5 nitrogen and oxygen atoms in total. The van der Waals surface area contributed by atoms with Gasteiger partial charge in [0, 0.05) is 38.1 Å². The summed E-state index contributed by atoms with van der Waals surface area (Å²) in [4.78, 5) is 5.98. The first-order valence-corrected chi connectivity index (χ1v) is 10.3. The average molecular weight is 400 g/mol. The predicted molar refractivity (Wildman–Crippen MR) is 102 cm³/mol. The highest BCUT2D eigenvalue weighted by molar-refractivity contribution is 7.88. The molecule has 1 aromatic heterocycles. The molecular weight excluding hydrogens is 381 g/mol. The SMILES string of the molecule is CC1CN(c2c(Cl)cncc2Cl)CCN1S(=O)(=O)Cc1ccccc1. The van der Waals surface area contributed by atoms with Gasteiger partial charge in [-0.2, -0.15) is 4.31 Å². The molecule has 0 bridgehead atoms. The van der Waals surface area contributed by atoms with Crippen LogP contribution in [0, 0.1) is 0 Å². The van der Waals surface area contributed by atoms with E-state index in [4.69, 9.17) is 23.2 Å². The van der Waals surface area contributed by atoms with Crippen molar-refractivity contribution in [2.75, 3.05) is 24.5 Å². The Kier molecular flexibility index (Phi) is 5.53. The van der Waals surface area contributed by atoms with Crippen molar-refractivity contribution in [3.05, 3.63) is 58.3 Å². The van der Waals surface area contributed by atoms with E-state index in [0.29, 0.717) is 35.4 Å². The number of hydrogen-bond acceptors (Lipinski definition) is 4. The maximum absolute atomic E-state index is 12.8. The zero-order valence-corrected chi connectivity index (χ0v) is 16.1. The lowest BCUT2D eigenvalue weighted by atomic mass is 10.2. The van der Waals surface area contributed by atoms with Crippen LogP contribution in [0.4, 0.5) is 5.69 Å². The first kappa shape index (κ1) is 18.5. The van der Waals surface area contributed by atoms with Gasteiger partial charge in [0.1, 0.15) is 0 Å². The fourth-order valence-electron chi connectivity index (χ4n) is 3.13. The number of benzene rings is 1. The fraction of sp³-hybridized carbons (Fsp3) is 0.353. The van der Waals surface area contributed by atoms with E-state index in [1.165, 1.54) is 0 Å². The average Bonchev–Trinajstić information content (AvgIpc) is 2.55. The number of piperazine rings is 1. The van der Waals surface area contributed by atoms with Crippen molar-refractivity contribution in [1.29, 1.82) is 0 Å². The molecule has 0 aliphatic carbocycles. The van der Waals surface area contributed by atoms with Crippen LogP contribution in [-0.2, 0) is 15.8 Å². The van der Waals surface area contributed by atoms with E-state index in [9.17, 15) is 8.42 Å². The van der Waals surface area contributed by atoms with Crippen molar-refractivity contribution in [3.63, 3.8) is 0 Å². The van der Waals surface area contributed by atoms with Crippen molar-refractivity contribution in [3.8, 4) is 0 Å². The molecule has 8 heteroatoms. The summed E-state index contributed by atoms with van der Waals surface area (Å²) < 4.78 is 27.1. The Morgan fingerprint density at radius 3 is 2.36 bits per heavy atom. The second kappa shape index (κ2) is 7.50. The van der Waals surface area contributed by atoms with E-state index < -0.39 is 10.0 Å². The number of anilines is 1. The molecule has 2 heterocycles. The highest BCUT2D eigenvalue weighted by atomic mass is 35.5. The van der Waals surface area contributed by atoms with Gasteiger partial charge >= 0.3 is 0 Å². The normalized spacial score (nSPS) is 19.2. The maximum Gasteiger partial charge on any atom is 0.218 e. The van der Waals surface area contributed by atoms with E-state index in [1.54, 1.807) is 16.7 Å². The number of nitrogens with zero attached hydrogens (tertiary/aromatic N) is 3. The smallest absolute Gasteiger partial charge is 0.218 e. The van der Waals surface area contributed by atoms with Crippen LogP contribution in [0.25, 0.3) is 0 Å². The van der Waals surface area contributed by atoms with E-state index in [-0.39, 0.29) is 11.8 Å². The summed E-state index contributed by atoms with van der Waals surface area (Å²) in [6.45, 7) is 3.35. The minimum Gasteiger partial charge on any atom is -0.366 e. The summed E-state index contributed by atoms with van der Waals surface area (Å²) in [6.07, 6.45) is 3.10. The van der Waals surface area contributed by atoms with Gasteiger partial charge in [0.2, 0.25) is 10.0 Å². The molecule has 0 radical (unpaired) electrons. The summed E-state index contributed by atoms with van der Waals surface area (Å²) in [5.41, 5.74) is 1.50. The molecule has 0 saturated carbocycles. The van der Waals surface area contributed by atoms with Crippen LogP contribution in [0.3, 0.4) is 0 Å². The minimum atomic E-state index is -3.38. The molecule has 1 aliphatic rings. The van der Waals surface area contributed by atoms with Gasteiger partial charge in [0.05, 0.1) is 21.5 Å². The highest BCUT2D eigenvalue weighted by Gasteiger charge is 2.33. The Morgan fingerprint density at radius 2 is 1.76 bits per heavy atom. The van der Waals surface area contributed by atoms with Crippen LogP contribution < -0.4 is 4.90 Å². The summed E-state index contributed by atoms with van der Waals surface area (Å²) in [7, 11) is -3.38. The number of pyridine rings is 1. The molecule has 2 aromatic rings. The number of hydrogen-bond donors (Lipinski definition) is 0. The second-order valence-electron chi connectivity index (χ2n) is 6.10. The van der Waals surface area contributed by atoms with Crippen LogP contribution in [0.2, 0.25) is 10.0 Å². The van der Waals surface area contributed by atoms with Gasteiger partial charge in [-0.15, -0.1) is 0 Å². The Bertz CT molecular complexity index is 826. The number of sulfonamides is 1. The van der Waals surface area contributed by atoms with Crippen molar-refractivity contribution in [2.45, 2.75) is 18.7 Å². The monoisotopic (exact) mass is 399 g/mol. The van der Waals surface area contributed by atoms with Gasteiger partial charge < -0.3 is 4.90 Å². The molecule has 3 rings (SSSR count). The van der Waals surface area contributed by atoms with Gasteiger partial charge in [-0.05, 0) is 12.5 Å². The van der Waals surface area contributed by atoms with Gasteiger partial charge in [-0.25, -0.2) is 8.42 Å². The Hall–Kier alpha value is -1.34. The zero-order valence-electron chi connectivity index (χ0n) is 13.8. The Labute approximate surface area is 158 Å². The summed E-state index contributed by atoms with van der Waals surface area (Å²) in [5, 5.41) is 0.945. The number of halogens is 2. The lowest BCUT2D eigenvalue weighted by molar-refractivity contribution is 0.306. The van der Waals surface area contributed by atoms with Crippen LogP contribution in [0.5, 0.6) is 0 Å². The van der Waals surface area contributed by atoms with Crippen LogP contribution in [-0.4, -0.2) is 43.4 Å². The van der Waals surface area contributed by atoms with Gasteiger partial charge in [-0.3, -0.25) is 4.98 Å². The second-order valence-corrected chi connectivity index (χ2v) is 8.84. The topological polar surface area (TPSA) is 53.5 Å². The van der Waals surface area contributed by atoms with E-state index in [1.807, 2.05) is 42.2 Å². The highest BCUT2D eigenvalue weighted by Crippen LogP contribution is 2.34. The van der Waals surface area contributed by atoms with Gasteiger partial charge in [0.15, 0.2) is 0 Å². The quantitative estimate of drug-likeness (QED) is 0.789. The third kappa shape index (κ3) is 4.08. The lowest BCUT2D eigenvalue weighted by Gasteiger charge is -2.40. The first-order valence-electron chi connectivity index (χ1n) is 7.96. The van der Waals surface area contributed by atoms with E-state index in [0.717, 1.165) is 5.56 Å². The van der Waals surface area contributed by atoms with Crippen molar-refractivity contribution < 1.29 is 8.42 Å². The molecule has 1 saturated heterocycles.